The average Bonchev–Trinajstić information content (AvgIpc) is 2.43. The first-order valence-corrected chi connectivity index (χ1v) is 6.84. The molecule has 19 heavy (non-hydrogen) atoms. The zero-order valence-corrected chi connectivity index (χ0v) is 12.4. The quantitative estimate of drug-likeness (QED) is 0.787. The maximum Gasteiger partial charge on any atom is 0.224 e. The fraction of sp³-hybridized carbons (Fsp3) is 0.600. The second kappa shape index (κ2) is 7.24. The monoisotopic (exact) mass is 263 g/mol. The molecular formula is C15H25N3O. The van der Waals surface area contributed by atoms with Crippen LogP contribution in [0.1, 0.15) is 32.8 Å². The molecule has 0 radical (unpaired) electrons. The molecule has 4 nitrogen and oxygen atoms in total. The number of nitrogens with zero attached hydrogens (tertiary/aromatic N) is 1. The zero-order valence-electron chi connectivity index (χ0n) is 12.4. The molecule has 0 aliphatic carbocycles. The van der Waals surface area contributed by atoms with Gasteiger partial charge in [0, 0.05) is 30.9 Å². The molecule has 1 amide bonds. The molecule has 0 saturated carbocycles. The van der Waals surface area contributed by atoms with E-state index in [1.165, 1.54) is 5.56 Å². The summed E-state index contributed by atoms with van der Waals surface area (Å²) in [5.74, 6) is 0.164. The number of hydrogen-bond acceptors (Lipinski definition) is 3. The fourth-order valence-corrected chi connectivity index (χ4v) is 2.03. The number of aromatic nitrogens is 1. The van der Waals surface area contributed by atoms with E-state index in [0.717, 1.165) is 13.0 Å². The molecule has 2 N–H and O–H groups in total. The molecule has 4 heteroatoms. The van der Waals surface area contributed by atoms with Crippen LogP contribution in [0.2, 0.25) is 0 Å². The van der Waals surface area contributed by atoms with Crippen LogP contribution in [0.4, 0.5) is 0 Å². The van der Waals surface area contributed by atoms with E-state index in [1.807, 2.05) is 26.1 Å². The summed E-state index contributed by atoms with van der Waals surface area (Å²) in [7, 11) is 1.87. The largest absolute Gasteiger partial charge is 0.355 e. The second-order valence-corrected chi connectivity index (χ2v) is 5.50. The standard InChI is InChI=1S/C15H25N3O/c1-5-12(10-16-4)14(19)18-11-15(2,3)13-6-8-17-9-7-13/h6-9,12,16H,5,10-11H2,1-4H3,(H,18,19). The lowest BCUT2D eigenvalue weighted by Gasteiger charge is -2.26. The third-order valence-electron chi connectivity index (χ3n) is 3.48. The first kappa shape index (κ1) is 15.6. The lowest BCUT2D eigenvalue weighted by atomic mass is 9.85. The van der Waals surface area contributed by atoms with Gasteiger partial charge in [0.2, 0.25) is 5.91 Å². The summed E-state index contributed by atoms with van der Waals surface area (Å²) in [6.07, 6.45) is 4.42. The van der Waals surface area contributed by atoms with Crippen molar-refractivity contribution in [3.05, 3.63) is 30.1 Å². The number of carbonyl (C=O) groups is 1. The van der Waals surface area contributed by atoms with Gasteiger partial charge in [-0.15, -0.1) is 0 Å². The third kappa shape index (κ3) is 4.63. The molecule has 0 aromatic carbocycles. The van der Waals surface area contributed by atoms with Crippen molar-refractivity contribution in [3.63, 3.8) is 0 Å². The smallest absolute Gasteiger partial charge is 0.224 e. The highest BCUT2D eigenvalue weighted by Gasteiger charge is 2.23. The lowest BCUT2D eigenvalue weighted by molar-refractivity contribution is -0.125. The normalized spacial score (nSPS) is 13.1. The van der Waals surface area contributed by atoms with Gasteiger partial charge in [-0.05, 0) is 31.2 Å². The van der Waals surface area contributed by atoms with Gasteiger partial charge in [-0.25, -0.2) is 0 Å². The minimum Gasteiger partial charge on any atom is -0.355 e. The number of hydrogen-bond donors (Lipinski definition) is 2. The second-order valence-electron chi connectivity index (χ2n) is 5.50. The molecule has 1 aromatic rings. The van der Waals surface area contributed by atoms with Gasteiger partial charge in [0.1, 0.15) is 0 Å². The number of nitrogens with one attached hydrogen (secondary N) is 2. The number of carbonyl (C=O) groups excluding carboxylic acids is 1. The third-order valence-corrected chi connectivity index (χ3v) is 3.48. The average molecular weight is 263 g/mol. The number of pyridine rings is 1. The van der Waals surface area contributed by atoms with Gasteiger partial charge in [0.05, 0.1) is 5.92 Å². The van der Waals surface area contributed by atoms with Gasteiger partial charge < -0.3 is 10.6 Å². The Bertz CT molecular complexity index is 390. The van der Waals surface area contributed by atoms with Crippen molar-refractivity contribution in [2.24, 2.45) is 5.92 Å². The molecule has 0 aliphatic heterocycles. The van der Waals surface area contributed by atoms with Crippen molar-refractivity contribution in [2.45, 2.75) is 32.6 Å². The van der Waals surface area contributed by atoms with Crippen molar-refractivity contribution in [3.8, 4) is 0 Å². The van der Waals surface area contributed by atoms with Crippen LogP contribution in [0, 0.1) is 5.92 Å². The van der Waals surface area contributed by atoms with Crippen LogP contribution in [0.25, 0.3) is 0 Å². The van der Waals surface area contributed by atoms with Crippen molar-refractivity contribution < 1.29 is 4.79 Å². The van der Waals surface area contributed by atoms with E-state index >= 15 is 0 Å². The predicted octanol–water partition coefficient (Wildman–Crippen LogP) is 1.72. The van der Waals surface area contributed by atoms with Crippen LogP contribution in [-0.2, 0) is 10.2 Å². The molecule has 1 rings (SSSR count). The number of amides is 1. The summed E-state index contributed by atoms with van der Waals surface area (Å²) in [6.45, 7) is 7.65. The van der Waals surface area contributed by atoms with E-state index in [0.29, 0.717) is 6.54 Å². The van der Waals surface area contributed by atoms with E-state index in [9.17, 15) is 4.79 Å². The highest BCUT2D eigenvalue weighted by molar-refractivity contribution is 5.78. The zero-order chi connectivity index (χ0) is 14.3. The Labute approximate surface area is 116 Å². The lowest BCUT2D eigenvalue weighted by Crippen LogP contribution is -2.41. The maximum absolute atomic E-state index is 12.1. The molecule has 1 heterocycles. The molecule has 106 valence electrons. The molecule has 0 saturated heterocycles. The van der Waals surface area contributed by atoms with Gasteiger partial charge in [-0.2, -0.15) is 0 Å². The summed E-state index contributed by atoms with van der Waals surface area (Å²) in [6, 6.07) is 3.99. The highest BCUT2D eigenvalue weighted by Crippen LogP contribution is 2.21. The Kier molecular flexibility index (Phi) is 5.96. The number of rotatable bonds is 7. The van der Waals surface area contributed by atoms with Crippen LogP contribution in [0.5, 0.6) is 0 Å². The Morgan fingerprint density at radius 3 is 2.53 bits per heavy atom. The van der Waals surface area contributed by atoms with E-state index in [2.05, 4.69) is 29.5 Å². The van der Waals surface area contributed by atoms with Gasteiger partial charge in [-0.1, -0.05) is 20.8 Å². The van der Waals surface area contributed by atoms with Crippen LogP contribution >= 0.6 is 0 Å². The van der Waals surface area contributed by atoms with Gasteiger partial charge in [0.15, 0.2) is 0 Å². The molecule has 1 atom stereocenters. The van der Waals surface area contributed by atoms with Crippen LogP contribution in [0.15, 0.2) is 24.5 Å². The first-order chi connectivity index (χ1) is 9.01. The maximum atomic E-state index is 12.1. The van der Waals surface area contributed by atoms with Crippen molar-refractivity contribution in [1.82, 2.24) is 15.6 Å². The van der Waals surface area contributed by atoms with Crippen molar-refractivity contribution in [2.75, 3.05) is 20.1 Å². The molecule has 0 fully saturated rings. The molecule has 1 unspecified atom stereocenters. The van der Waals surface area contributed by atoms with Crippen LogP contribution in [-0.4, -0.2) is 31.0 Å². The molecule has 0 aliphatic rings. The van der Waals surface area contributed by atoms with Crippen molar-refractivity contribution >= 4 is 5.91 Å². The first-order valence-electron chi connectivity index (χ1n) is 6.84. The van der Waals surface area contributed by atoms with Crippen LogP contribution < -0.4 is 10.6 Å². The highest BCUT2D eigenvalue weighted by atomic mass is 16.1. The summed E-state index contributed by atoms with van der Waals surface area (Å²) < 4.78 is 0. The van der Waals surface area contributed by atoms with Gasteiger partial charge >= 0.3 is 0 Å². The Morgan fingerprint density at radius 2 is 2.00 bits per heavy atom. The molecular weight excluding hydrogens is 238 g/mol. The Balaban J connectivity index is 2.58. The van der Waals surface area contributed by atoms with Crippen LogP contribution in [0.3, 0.4) is 0 Å². The minimum absolute atomic E-state index is 0.0400. The minimum atomic E-state index is -0.0868. The molecule has 0 spiro atoms. The van der Waals surface area contributed by atoms with Gasteiger partial charge in [-0.3, -0.25) is 9.78 Å². The summed E-state index contributed by atoms with van der Waals surface area (Å²) in [5, 5.41) is 6.12. The summed E-state index contributed by atoms with van der Waals surface area (Å²) in [5.41, 5.74) is 1.10. The predicted molar refractivity (Wildman–Crippen MR) is 78.0 cm³/mol. The van der Waals surface area contributed by atoms with E-state index < -0.39 is 0 Å². The van der Waals surface area contributed by atoms with Gasteiger partial charge in [0.25, 0.3) is 0 Å². The summed E-state index contributed by atoms with van der Waals surface area (Å²) >= 11 is 0. The van der Waals surface area contributed by atoms with E-state index in [1.54, 1.807) is 12.4 Å². The van der Waals surface area contributed by atoms with Crippen molar-refractivity contribution in [1.29, 1.82) is 0 Å². The fourth-order valence-electron chi connectivity index (χ4n) is 2.03. The summed E-state index contributed by atoms with van der Waals surface area (Å²) in [4.78, 5) is 16.1. The SMILES string of the molecule is CCC(CNC)C(=O)NCC(C)(C)c1ccncc1. The van der Waals surface area contributed by atoms with E-state index in [-0.39, 0.29) is 17.2 Å². The molecule has 0 bridgehead atoms. The Hall–Kier alpha value is -1.42. The topological polar surface area (TPSA) is 54.0 Å². The van der Waals surface area contributed by atoms with E-state index in [4.69, 9.17) is 0 Å². The Morgan fingerprint density at radius 1 is 1.37 bits per heavy atom. The molecule has 1 aromatic heterocycles.